The number of ether oxygens (including phenoxy) is 1. The summed E-state index contributed by atoms with van der Waals surface area (Å²) in [6, 6.07) is 9.73. The number of aryl methyl sites for hydroxylation is 1. The third kappa shape index (κ3) is 5.15. The van der Waals surface area contributed by atoms with Gasteiger partial charge in [0.1, 0.15) is 16.4 Å². The van der Waals surface area contributed by atoms with Crippen molar-refractivity contribution in [2.24, 2.45) is 23.2 Å². The molecule has 0 atom stereocenters. The number of hydrogen-bond donors (Lipinski definition) is 1. The van der Waals surface area contributed by atoms with Crippen LogP contribution < -0.4 is 5.32 Å². The van der Waals surface area contributed by atoms with Crippen LogP contribution in [-0.2, 0) is 22.5 Å². The highest BCUT2D eigenvalue weighted by Crippen LogP contribution is 2.61. The Morgan fingerprint density at radius 1 is 1.10 bits per heavy atom. The van der Waals surface area contributed by atoms with Crippen LogP contribution in [0.1, 0.15) is 66.5 Å². The highest BCUT2D eigenvalue weighted by Gasteiger charge is 2.51. The van der Waals surface area contributed by atoms with Crippen LogP contribution in [0.5, 0.6) is 0 Å². The second-order valence-electron chi connectivity index (χ2n) is 11.7. The predicted octanol–water partition coefficient (Wildman–Crippen LogP) is 6.61. The molecule has 39 heavy (non-hydrogen) atoms. The lowest BCUT2D eigenvalue weighted by Gasteiger charge is -2.56. The lowest BCUT2D eigenvalue weighted by Crippen LogP contribution is -2.47. The lowest BCUT2D eigenvalue weighted by molar-refractivity contribution is -0.113. The lowest BCUT2D eigenvalue weighted by atomic mass is 9.49. The fourth-order valence-corrected chi connectivity index (χ4v) is 9.79. The van der Waals surface area contributed by atoms with E-state index in [0.29, 0.717) is 16.0 Å². The summed E-state index contributed by atoms with van der Waals surface area (Å²) >= 11 is 2.80. The third-order valence-electron chi connectivity index (χ3n) is 8.93. The SMILES string of the molecule is CCn1c(CC23CC4CC(CC(C4)C2)C3)nnc1SCC(=O)Nc1sc(C)c(-c2ccccc2)c1C(=O)OC. The number of amides is 1. The molecule has 0 spiro atoms. The van der Waals surface area contributed by atoms with Gasteiger partial charge in [-0.3, -0.25) is 4.79 Å². The van der Waals surface area contributed by atoms with Crippen molar-refractivity contribution in [1.29, 1.82) is 0 Å². The Hall–Kier alpha value is -2.65. The quantitative estimate of drug-likeness (QED) is 0.232. The van der Waals surface area contributed by atoms with Crippen molar-refractivity contribution in [3.05, 3.63) is 46.6 Å². The summed E-state index contributed by atoms with van der Waals surface area (Å²) in [4.78, 5) is 26.8. The minimum Gasteiger partial charge on any atom is -0.465 e. The van der Waals surface area contributed by atoms with Gasteiger partial charge >= 0.3 is 5.97 Å². The topological polar surface area (TPSA) is 86.1 Å². The summed E-state index contributed by atoms with van der Waals surface area (Å²) in [6.07, 6.45) is 9.33. The Morgan fingerprint density at radius 2 is 1.77 bits per heavy atom. The molecule has 4 fully saturated rings. The maximum atomic E-state index is 13.1. The van der Waals surface area contributed by atoms with E-state index in [4.69, 9.17) is 4.74 Å². The summed E-state index contributed by atoms with van der Waals surface area (Å²) < 4.78 is 7.28. The van der Waals surface area contributed by atoms with Crippen LogP contribution in [-0.4, -0.2) is 39.5 Å². The summed E-state index contributed by atoms with van der Waals surface area (Å²) in [6.45, 7) is 4.87. The molecule has 1 amide bonds. The number of nitrogens with zero attached hydrogens (tertiary/aromatic N) is 3. The maximum absolute atomic E-state index is 13.1. The van der Waals surface area contributed by atoms with Crippen molar-refractivity contribution in [2.45, 2.75) is 70.5 Å². The Bertz CT molecular complexity index is 1340. The van der Waals surface area contributed by atoms with Gasteiger partial charge in [-0.05, 0) is 81.1 Å². The highest BCUT2D eigenvalue weighted by atomic mass is 32.2. The fraction of sp³-hybridized carbons (Fsp3) is 0.533. The zero-order valence-corrected chi connectivity index (χ0v) is 24.5. The summed E-state index contributed by atoms with van der Waals surface area (Å²) in [5, 5.41) is 13.4. The number of rotatable bonds is 9. The molecule has 2 heterocycles. The minimum atomic E-state index is -0.457. The van der Waals surface area contributed by atoms with Gasteiger partial charge < -0.3 is 14.6 Å². The van der Waals surface area contributed by atoms with E-state index in [0.717, 1.165) is 57.7 Å². The molecule has 2 aromatic heterocycles. The second kappa shape index (κ2) is 10.7. The monoisotopic (exact) mass is 564 g/mol. The molecule has 0 saturated heterocycles. The van der Waals surface area contributed by atoms with Crippen molar-refractivity contribution in [3.8, 4) is 11.1 Å². The van der Waals surface area contributed by atoms with Gasteiger partial charge in [0.05, 0.1) is 12.9 Å². The van der Waals surface area contributed by atoms with E-state index < -0.39 is 5.97 Å². The number of methoxy groups -OCH3 is 1. The first-order valence-electron chi connectivity index (χ1n) is 14.0. The number of benzene rings is 1. The zero-order chi connectivity index (χ0) is 27.1. The van der Waals surface area contributed by atoms with Crippen molar-refractivity contribution in [2.75, 3.05) is 18.2 Å². The molecule has 4 aliphatic rings. The van der Waals surface area contributed by atoms with Crippen LogP contribution in [0.25, 0.3) is 11.1 Å². The van der Waals surface area contributed by atoms with Crippen LogP contribution in [0, 0.1) is 30.1 Å². The number of nitrogens with one attached hydrogen (secondary N) is 1. The molecule has 4 saturated carbocycles. The first kappa shape index (κ1) is 26.6. The normalized spacial score (nSPS) is 25.2. The zero-order valence-electron chi connectivity index (χ0n) is 22.9. The molecule has 7 nitrogen and oxygen atoms in total. The second-order valence-corrected chi connectivity index (χ2v) is 13.8. The van der Waals surface area contributed by atoms with E-state index in [1.165, 1.54) is 68.7 Å². The van der Waals surface area contributed by atoms with Crippen LogP contribution >= 0.6 is 23.1 Å². The molecule has 4 bridgehead atoms. The van der Waals surface area contributed by atoms with Crippen LogP contribution in [0.3, 0.4) is 0 Å². The van der Waals surface area contributed by atoms with Gasteiger partial charge in [-0.2, -0.15) is 0 Å². The largest absolute Gasteiger partial charge is 0.465 e. The molecular formula is C30H36N4O3S2. The molecule has 1 N–H and O–H groups in total. The van der Waals surface area contributed by atoms with Gasteiger partial charge in [0.15, 0.2) is 5.16 Å². The van der Waals surface area contributed by atoms with Gasteiger partial charge in [-0.25, -0.2) is 4.79 Å². The summed E-state index contributed by atoms with van der Waals surface area (Å²) in [7, 11) is 1.37. The average molecular weight is 565 g/mol. The van der Waals surface area contributed by atoms with Gasteiger partial charge in [0.25, 0.3) is 0 Å². The number of carbonyl (C=O) groups is 2. The van der Waals surface area contributed by atoms with Gasteiger partial charge in [0, 0.05) is 23.4 Å². The Kier molecular flexibility index (Phi) is 7.31. The van der Waals surface area contributed by atoms with Gasteiger partial charge in [-0.1, -0.05) is 42.1 Å². The number of hydrogen-bond acceptors (Lipinski definition) is 7. The van der Waals surface area contributed by atoms with Crippen LogP contribution in [0.2, 0.25) is 0 Å². The number of carbonyl (C=O) groups excluding carboxylic acids is 2. The summed E-state index contributed by atoms with van der Waals surface area (Å²) in [5.41, 5.74) is 2.52. The number of aromatic nitrogens is 3. The molecule has 0 unspecified atom stereocenters. The van der Waals surface area contributed by atoms with E-state index in [9.17, 15) is 9.59 Å². The average Bonchev–Trinajstić information content (AvgIpc) is 3.45. The minimum absolute atomic E-state index is 0.181. The molecule has 3 aromatic rings. The fourth-order valence-electron chi connectivity index (χ4n) is 7.89. The van der Waals surface area contributed by atoms with Crippen molar-refractivity contribution >= 4 is 40.0 Å². The molecule has 1 aromatic carbocycles. The molecular weight excluding hydrogens is 528 g/mol. The van der Waals surface area contributed by atoms with E-state index in [-0.39, 0.29) is 11.7 Å². The molecule has 206 valence electrons. The summed E-state index contributed by atoms with van der Waals surface area (Å²) in [5.74, 6) is 3.34. The number of esters is 1. The smallest absolute Gasteiger partial charge is 0.341 e. The third-order valence-corrected chi connectivity index (χ3v) is 10.9. The van der Waals surface area contributed by atoms with Crippen LogP contribution in [0.15, 0.2) is 35.5 Å². The number of anilines is 1. The Morgan fingerprint density at radius 3 is 2.38 bits per heavy atom. The van der Waals surface area contributed by atoms with E-state index in [1.807, 2.05) is 37.3 Å². The predicted molar refractivity (Wildman–Crippen MR) is 155 cm³/mol. The van der Waals surface area contributed by atoms with Crippen LogP contribution in [0.4, 0.5) is 5.00 Å². The molecule has 4 aliphatic carbocycles. The molecule has 7 rings (SSSR count). The Labute approximate surface area is 238 Å². The molecule has 0 aliphatic heterocycles. The van der Waals surface area contributed by atoms with Crippen molar-refractivity contribution in [3.63, 3.8) is 0 Å². The number of thioether (sulfide) groups is 1. The van der Waals surface area contributed by atoms with E-state index >= 15 is 0 Å². The first-order chi connectivity index (χ1) is 18.9. The molecule has 9 heteroatoms. The standard InChI is InChI=1S/C30H36N4O3S2/c1-4-34-23(16-30-13-19-10-20(14-30)12-21(11-19)15-30)32-33-29(34)38-17-24(35)31-27-26(28(36)37-3)25(18(2)39-27)22-8-6-5-7-9-22/h5-9,19-21H,4,10-17H2,1-3H3,(H,31,35). The Balaban J connectivity index is 1.15. The maximum Gasteiger partial charge on any atom is 0.341 e. The van der Waals surface area contributed by atoms with E-state index in [1.54, 1.807) is 0 Å². The highest BCUT2D eigenvalue weighted by molar-refractivity contribution is 7.99. The van der Waals surface area contributed by atoms with Crippen molar-refractivity contribution < 1.29 is 14.3 Å². The van der Waals surface area contributed by atoms with Crippen molar-refractivity contribution in [1.82, 2.24) is 14.8 Å². The van der Waals surface area contributed by atoms with Gasteiger partial charge in [0.2, 0.25) is 5.91 Å². The van der Waals surface area contributed by atoms with Gasteiger partial charge in [-0.15, -0.1) is 21.5 Å². The first-order valence-corrected chi connectivity index (χ1v) is 15.8. The van der Waals surface area contributed by atoms with E-state index in [2.05, 4.69) is 27.0 Å². The number of thiophene rings is 1. The molecule has 0 radical (unpaired) electrons.